The minimum Gasteiger partial charge on any atom is -0.378 e. The van der Waals surface area contributed by atoms with Crippen LogP contribution in [0.3, 0.4) is 0 Å². The van der Waals surface area contributed by atoms with Crippen LogP contribution in [-0.2, 0) is 11.3 Å². The number of aromatic nitrogens is 4. The zero-order chi connectivity index (χ0) is 14.6. The van der Waals surface area contributed by atoms with Gasteiger partial charge in [-0.25, -0.2) is 4.98 Å². The second-order valence-electron chi connectivity index (χ2n) is 5.43. The Kier molecular flexibility index (Phi) is 4.82. The lowest BCUT2D eigenvalue weighted by molar-refractivity contribution is 0.181. The summed E-state index contributed by atoms with van der Waals surface area (Å²) in [4.78, 5) is 8.50. The highest BCUT2D eigenvalue weighted by atomic mass is 32.2. The summed E-state index contributed by atoms with van der Waals surface area (Å²) < 4.78 is 7.12. The normalized spacial score (nSPS) is 12.0. The molecule has 0 aliphatic rings. The summed E-state index contributed by atoms with van der Waals surface area (Å²) in [5.41, 5.74) is 0.846. The molecule has 0 atom stereocenters. The van der Waals surface area contributed by atoms with Crippen molar-refractivity contribution in [2.75, 3.05) is 24.7 Å². The van der Waals surface area contributed by atoms with E-state index < -0.39 is 0 Å². The Labute approximate surface area is 123 Å². The lowest BCUT2D eigenvalue weighted by Gasteiger charge is -2.17. The van der Waals surface area contributed by atoms with Gasteiger partial charge < -0.3 is 10.1 Å². The van der Waals surface area contributed by atoms with Crippen molar-refractivity contribution >= 4 is 23.4 Å². The van der Waals surface area contributed by atoms with Gasteiger partial charge >= 0.3 is 0 Å². The van der Waals surface area contributed by atoms with Gasteiger partial charge in [0.2, 0.25) is 0 Å². The van der Waals surface area contributed by atoms with Crippen molar-refractivity contribution in [1.82, 2.24) is 19.6 Å². The molecule has 0 bridgehead atoms. The van der Waals surface area contributed by atoms with E-state index in [4.69, 9.17) is 4.74 Å². The maximum Gasteiger partial charge on any atom is 0.254 e. The van der Waals surface area contributed by atoms with Crippen LogP contribution in [0.25, 0.3) is 5.78 Å². The largest absolute Gasteiger partial charge is 0.378 e. The molecular formula is C13H21N5OS. The van der Waals surface area contributed by atoms with E-state index in [2.05, 4.69) is 41.2 Å². The van der Waals surface area contributed by atoms with Crippen molar-refractivity contribution in [1.29, 1.82) is 0 Å². The van der Waals surface area contributed by atoms with Gasteiger partial charge in [-0.15, -0.1) is 0 Å². The van der Waals surface area contributed by atoms with E-state index in [0.29, 0.717) is 12.4 Å². The number of ether oxygens (including phenoxy) is 1. The van der Waals surface area contributed by atoms with Crippen LogP contribution < -0.4 is 5.32 Å². The van der Waals surface area contributed by atoms with Gasteiger partial charge in [0, 0.05) is 30.2 Å². The molecule has 0 fully saturated rings. The molecule has 110 valence electrons. The summed E-state index contributed by atoms with van der Waals surface area (Å²) in [6, 6.07) is 1.95. The number of nitrogens with zero attached hydrogens (tertiary/aromatic N) is 4. The lowest BCUT2D eigenvalue weighted by Crippen LogP contribution is -2.15. The van der Waals surface area contributed by atoms with Crippen LogP contribution in [0.1, 0.15) is 26.5 Å². The summed E-state index contributed by atoms with van der Waals surface area (Å²) in [5.74, 6) is 2.52. The zero-order valence-electron chi connectivity index (χ0n) is 12.4. The van der Waals surface area contributed by atoms with Crippen molar-refractivity contribution in [2.24, 2.45) is 0 Å². The van der Waals surface area contributed by atoms with E-state index in [9.17, 15) is 0 Å². The molecule has 0 amide bonds. The van der Waals surface area contributed by atoms with E-state index >= 15 is 0 Å². The van der Waals surface area contributed by atoms with Crippen LogP contribution in [0.15, 0.2) is 12.4 Å². The monoisotopic (exact) mass is 295 g/mol. The maximum atomic E-state index is 5.13. The maximum absolute atomic E-state index is 5.13. The van der Waals surface area contributed by atoms with Crippen LogP contribution in [0.2, 0.25) is 0 Å². The third-order valence-electron chi connectivity index (χ3n) is 2.54. The van der Waals surface area contributed by atoms with Crippen LogP contribution in [-0.4, -0.2) is 43.7 Å². The van der Waals surface area contributed by atoms with Crippen molar-refractivity contribution in [3.05, 3.63) is 18.1 Å². The third-order valence-corrected chi connectivity index (χ3v) is 3.81. The molecule has 0 aromatic carbocycles. The standard InChI is InChI=1S/C13H21N5OS/c1-13(2,3)20-6-5-14-11-7-10(8-19-4)17-12-15-9-16-18(11)12/h7,9,14H,5-6,8H2,1-4H3. The molecule has 0 radical (unpaired) electrons. The number of hydrogen-bond acceptors (Lipinski definition) is 6. The molecule has 6 nitrogen and oxygen atoms in total. The molecule has 0 spiro atoms. The first-order chi connectivity index (χ1) is 9.49. The Morgan fingerprint density at radius 1 is 1.40 bits per heavy atom. The molecule has 1 N–H and O–H groups in total. The van der Waals surface area contributed by atoms with Gasteiger partial charge in [-0.05, 0) is 0 Å². The average molecular weight is 295 g/mol. The lowest BCUT2D eigenvalue weighted by atomic mass is 10.3. The molecule has 0 saturated heterocycles. The molecule has 0 aliphatic carbocycles. The topological polar surface area (TPSA) is 64.3 Å². The third kappa shape index (κ3) is 4.08. The fourth-order valence-electron chi connectivity index (χ4n) is 1.75. The van der Waals surface area contributed by atoms with Crippen LogP contribution in [0, 0.1) is 0 Å². The summed E-state index contributed by atoms with van der Waals surface area (Å²) in [6.07, 6.45) is 1.51. The number of thioether (sulfide) groups is 1. The van der Waals surface area contributed by atoms with Crippen LogP contribution >= 0.6 is 11.8 Å². The smallest absolute Gasteiger partial charge is 0.254 e. The van der Waals surface area contributed by atoms with Gasteiger partial charge in [0.05, 0.1) is 12.3 Å². The van der Waals surface area contributed by atoms with Crippen LogP contribution in [0.4, 0.5) is 5.82 Å². The first-order valence-corrected chi connectivity index (χ1v) is 7.54. The number of methoxy groups -OCH3 is 1. The summed E-state index contributed by atoms with van der Waals surface area (Å²) in [5, 5.41) is 7.57. The van der Waals surface area contributed by atoms with Crippen molar-refractivity contribution < 1.29 is 4.74 Å². The van der Waals surface area contributed by atoms with Gasteiger partial charge in [0.1, 0.15) is 12.1 Å². The van der Waals surface area contributed by atoms with Crippen molar-refractivity contribution in [3.8, 4) is 0 Å². The minimum atomic E-state index is 0.281. The first kappa shape index (κ1) is 15.1. The average Bonchev–Trinajstić information content (AvgIpc) is 2.82. The van der Waals surface area contributed by atoms with Crippen LogP contribution in [0.5, 0.6) is 0 Å². The summed E-state index contributed by atoms with van der Waals surface area (Å²) in [6.45, 7) is 7.99. The fourth-order valence-corrected chi connectivity index (χ4v) is 2.56. The zero-order valence-corrected chi connectivity index (χ0v) is 13.2. The molecular weight excluding hydrogens is 274 g/mol. The second-order valence-corrected chi connectivity index (χ2v) is 7.35. The van der Waals surface area contributed by atoms with Gasteiger partial charge in [-0.1, -0.05) is 20.8 Å². The molecule has 0 aliphatic heterocycles. The Balaban J connectivity index is 2.06. The quantitative estimate of drug-likeness (QED) is 0.824. The highest BCUT2D eigenvalue weighted by Gasteiger charge is 2.11. The molecule has 20 heavy (non-hydrogen) atoms. The molecule has 2 aromatic rings. The Hall–Kier alpha value is -1.34. The molecule has 7 heteroatoms. The van der Waals surface area contributed by atoms with E-state index in [1.165, 1.54) is 6.33 Å². The van der Waals surface area contributed by atoms with Crippen molar-refractivity contribution in [3.63, 3.8) is 0 Å². The van der Waals surface area contributed by atoms with Crippen molar-refractivity contribution in [2.45, 2.75) is 32.1 Å². The highest BCUT2D eigenvalue weighted by Crippen LogP contribution is 2.22. The van der Waals surface area contributed by atoms with E-state index in [1.807, 2.05) is 17.8 Å². The summed E-state index contributed by atoms with van der Waals surface area (Å²) >= 11 is 1.93. The number of hydrogen-bond donors (Lipinski definition) is 1. The van der Waals surface area contributed by atoms with Gasteiger partial charge in [0.25, 0.3) is 5.78 Å². The SMILES string of the molecule is COCc1cc(NCCSC(C)(C)C)n2ncnc2n1. The van der Waals surface area contributed by atoms with Gasteiger partial charge in [0.15, 0.2) is 0 Å². The first-order valence-electron chi connectivity index (χ1n) is 6.56. The van der Waals surface area contributed by atoms with E-state index in [0.717, 1.165) is 23.8 Å². The second kappa shape index (κ2) is 6.41. The predicted octanol–water partition coefficient (Wildman–Crippen LogP) is 2.21. The number of rotatable bonds is 6. The Morgan fingerprint density at radius 3 is 2.90 bits per heavy atom. The summed E-state index contributed by atoms with van der Waals surface area (Å²) in [7, 11) is 1.66. The number of anilines is 1. The van der Waals surface area contributed by atoms with E-state index in [1.54, 1.807) is 11.6 Å². The molecule has 0 unspecified atom stereocenters. The molecule has 2 heterocycles. The van der Waals surface area contributed by atoms with Gasteiger partial charge in [-0.2, -0.15) is 26.4 Å². The van der Waals surface area contributed by atoms with E-state index in [-0.39, 0.29) is 4.75 Å². The molecule has 2 aromatic heterocycles. The Bertz CT molecular complexity index is 563. The predicted molar refractivity (Wildman–Crippen MR) is 82.2 cm³/mol. The number of fused-ring (bicyclic) bond motifs is 1. The van der Waals surface area contributed by atoms with Gasteiger partial charge in [-0.3, -0.25) is 0 Å². The molecule has 2 rings (SSSR count). The fraction of sp³-hybridized carbons (Fsp3) is 0.615. The highest BCUT2D eigenvalue weighted by molar-refractivity contribution is 8.00. The molecule has 0 saturated carbocycles. The Morgan fingerprint density at radius 2 is 2.20 bits per heavy atom. The minimum absolute atomic E-state index is 0.281. The number of nitrogens with one attached hydrogen (secondary N) is 1.